The number of anilines is 1. The van der Waals surface area contributed by atoms with Crippen LogP contribution in [0.2, 0.25) is 5.02 Å². The Balaban J connectivity index is 2.49. The molecule has 0 saturated carbocycles. The Hall–Kier alpha value is -2.39. The van der Waals surface area contributed by atoms with Crippen LogP contribution < -0.4 is 4.90 Å². The van der Waals surface area contributed by atoms with Gasteiger partial charge in [-0.25, -0.2) is 14.1 Å². The summed E-state index contributed by atoms with van der Waals surface area (Å²) in [5.41, 5.74) is -0.443. The number of rotatable bonds is 6. The minimum atomic E-state index is -1.23. The number of carboxylic acids is 1. The van der Waals surface area contributed by atoms with Crippen molar-refractivity contribution in [1.29, 1.82) is 0 Å². The predicted molar refractivity (Wildman–Crippen MR) is 105 cm³/mol. The van der Waals surface area contributed by atoms with Crippen molar-refractivity contribution in [1.82, 2.24) is 0 Å². The molecule has 0 heterocycles. The highest BCUT2D eigenvalue weighted by atomic mass is 35.5. The fourth-order valence-electron chi connectivity index (χ4n) is 2.93. The number of methoxy groups -OCH3 is 1. The summed E-state index contributed by atoms with van der Waals surface area (Å²) in [5, 5.41) is 9.38. The number of nitrogens with zero attached hydrogens (tertiary/aromatic N) is 1. The average molecular weight is 444 g/mol. The average Bonchev–Trinajstić information content (AvgIpc) is 2.68. The van der Waals surface area contributed by atoms with Gasteiger partial charge in [-0.2, -0.15) is 0 Å². The van der Waals surface area contributed by atoms with Gasteiger partial charge in [0.2, 0.25) is 5.91 Å². The Morgan fingerprint density at radius 2 is 1.83 bits per heavy atom. The van der Waals surface area contributed by atoms with E-state index in [4.69, 9.17) is 11.6 Å². The molecule has 0 saturated heterocycles. The number of carboxylic acid groups (broad SMARTS) is 1. The second kappa shape index (κ2) is 9.89. The summed E-state index contributed by atoms with van der Waals surface area (Å²) in [6, 6.07) is 2.13. The number of imide groups is 1. The lowest BCUT2D eigenvalue weighted by Crippen LogP contribution is -2.38. The maximum absolute atomic E-state index is 14.6. The van der Waals surface area contributed by atoms with Crippen LogP contribution in [0, 0.1) is 5.82 Å². The lowest BCUT2D eigenvalue weighted by Gasteiger charge is -2.25. The van der Waals surface area contributed by atoms with Crippen molar-refractivity contribution in [3.8, 4) is 0 Å². The molecule has 0 radical (unpaired) electrons. The van der Waals surface area contributed by atoms with Crippen LogP contribution in [0.15, 0.2) is 28.2 Å². The zero-order chi connectivity index (χ0) is 21.7. The Morgan fingerprint density at radius 3 is 2.38 bits per heavy atom. The Labute approximate surface area is 175 Å². The van der Waals surface area contributed by atoms with Crippen LogP contribution in [0.4, 0.5) is 10.1 Å². The van der Waals surface area contributed by atoms with Crippen molar-refractivity contribution in [3.05, 3.63) is 34.1 Å². The van der Waals surface area contributed by atoms with Gasteiger partial charge in [-0.3, -0.25) is 14.4 Å². The van der Waals surface area contributed by atoms with Gasteiger partial charge in [0.25, 0.3) is 5.91 Å². The fourth-order valence-corrected chi connectivity index (χ4v) is 4.03. The minimum Gasteiger partial charge on any atom is -0.478 e. The number of amides is 2. The lowest BCUT2D eigenvalue weighted by atomic mass is 9.90. The van der Waals surface area contributed by atoms with Gasteiger partial charge >= 0.3 is 11.9 Å². The van der Waals surface area contributed by atoms with Gasteiger partial charge < -0.3 is 9.84 Å². The number of hydrogen-bond donors (Lipinski definition) is 1. The molecule has 0 fully saturated rings. The molecule has 156 valence electrons. The van der Waals surface area contributed by atoms with Crippen LogP contribution in [-0.2, 0) is 23.9 Å². The molecular weight excluding hydrogens is 425 g/mol. The van der Waals surface area contributed by atoms with Crippen LogP contribution in [0.3, 0.4) is 0 Å². The molecule has 7 nitrogen and oxygen atoms in total. The van der Waals surface area contributed by atoms with Crippen LogP contribution >= 0.6 is 23.4 Å². The number of halogens is 2. The SMILES string of the molecule is COC(=O)CSc1cc(N(C(C)=O)C(=O)C2=C(C(=O)O)CCCC2)c(F)cc1Cl. The van der Waals surface area contributed by atoms with Crippen molar-refractivity contribution < 1.29 is 33.4 Å². The molecule has 29 heavy (non-hydrogen) atoms. The lowest BCUT2D eigenvalue weighted by molar-refractivity contribution is -0.137. The maximum atomic E-state index is 14.6. The number of ether oxygens (including phenoxy) is 1. The number of benzene rings is 1. The molecule has 1 aliphatic carbocycles. The fraction of sp³-hybridized carbons (Fsp3) is 0.368. The summed E-state index contributed by atoms with van der Waals surface area (Å²) in [6.45, 7) is 1.08. The molecule has 0 aliphatic heterocycles. The molecule has 1 aromatic rings. The first-order valence-corrected chi connectivity index (χ1v) is 10.0. The number of thioether (sulfide) groups is 1. The molecule has 0 spiro atoms. The van der Waals surface area contributed by atoms with Gasteiger partial charge in [0.05, 0.1) is 23.6 Å². The van der Waals surface area contributed by atoms with Gasteiger partial charge in [0.15, 0.2) is 0 Å². The minimum absolute atomic E-state index is 0.000731. The molecule has 0 atom stereocenters. The van der Waals surface area contributed by atoms with E-state index in [9.17, 15) is 28.7 Å². The van der Waals surface area contributed by atoms with Crippen molar-refractivity contribution in [2.45, 2.75) is 37.5 Å². The second-order valence-corrected chi connectivity index (χ2v) is 7.65. The van der Waals surface area contributed by atoms with Crippen LogP contribution in [0.5, 0.6) is 0 Å². The summed E-state index contributed by atoms with van der Waals surface area (Å²) >= 11 is 6.97. The van der Waals surface area contributed by atoms with Crippen LogP contribution in [0.25, 0.3) is 0 Å². The molecule has 1 aliphatic rings. The van der Waals surface area contributed by atoms with Gasteiger partial charge in [-0.15, -0.1) is 11.8 Å². The van der Waals surface area contributed by atoms with Gasteiger partial charge in [-0.05, 0) is 37.8 Å². The molecule has 2 rings (SSSR count). The summed E-state index contributed by atoms with van der Waals surface area (Å²) in [4.78, 5) is 49.0. The molecule has 0 bridgehead atoms. The van der Waals surface area contributed by atoms with Crippen LogP contribution in [0.1, 0.15) is 32.6 Å². The molecule has 0 aromatic heterocycles. The molecule has 10 heteroatoms. The summed E-state index contributed by atoms with van der Waals surface area (Å²) < 4.78 is 19.2. The highest BCUT2D eigenvalue weighted by molar-refractivity contribution is 8.00. The first kappa shape index (κ1) is 22.9. The van der Waals surface area contributed by atoms with E-state index in [1.807, 2.05) is 0 Å². The van der Waals surface area contributed by atoms with Crippen LogP contribution in [-0.4, -0.2) is 41.7 Å². The number of carbonyl (C=O) groups excluding carboxylic acids is 3. The van der Waals surface area contributed by atoms with Gasteiger partial charge in [0, 0.05) is 23.0 Å². The molecule has 2 amide bonds. The van der Waals surface area contributed by atoms with E-state index in [2.05, 4.69) is 4.74 Å². The zero-order valence-electron chi connectivity index (χ0n) is 15.8. The van der Waals surface area contributed by atoms with Crippen molar-refractivity contribution in [2.24, 2.45) is 0 Å². The molecule has 1 N–H and O–H groups in total. The van der Waals surface area contributed by atoms with E-state index in [0.717, 1.165) is 24.8 Å². The van der Waals surface area contributed by atoms with Crippen molar-refractivity contribution in [3.63, 3.8) is 0 Å². The number of aliphatic carboxylic acids is 1. The smallest absolute Gasteiger partial charge is 0.332 e. The third-order valence-electron chi connectivity index (χ3n) is 4.32. The zero-order valence-corrected chi connectivity index (χ0v) is 17.4. The second-order valence-electron chi connectivity index (χ2n) is 6.23. The summed E-state index contributed by atoms with van der Waals surface area (Å²) in [6.07, 6.45) is 1.59. The molecule has 1 aromatic carbocycles. The number of carbonyl (C=O) groups is 4. The summed E-state index contributed by atoms with van der Waals surface area (Å²) in [5.74, 6) is -4.45. The maximum Gasteiger partial charge on any atom is 0.332 e. The van der Waals surface area contributed by atoms with E-state index < -0.39 is 29.6 Å². The third kappa shape index (κ3) is 5.36. The first-order valence-electron chi connectivity index (χ1n) is 8.66. The van der Waals surface area contributed by atoms with E-state index >= 15 is 0 Å². The first-order chi connectivity index (χ1) is 13.7. The van der Waals surface area contributed by atoms with E-state index in [-0.39, 0.29) is 45.3 Å². The number of esters is 1. The molecular formula is C19H19ClFNO6S. The van der Waals surface area contributed by atoms with Gasteiger partial charge in [0.1, 0.15) is 5.82 Å². The molecule has 0 unspecified atom stereocenters. The summed E-state index contributed by atoms with van der Waals surface area (Å²) in [7, 11) is 1.22. The standard InChI is InChI=1S/C19H19ClFNO6S/c1-10(23)22(18(25)11-5-3-4-6-12(11)19(26)27)15-8-16(13(20)7-14(15)21)29-9-17(24)28-2/h7-8H,3-6,9H2,1-2H3,(H,26,27). The predicted octanol–water partition coefficient (Wildman–Crippen LogP) is 3.58. The van der Waals surface area contributed by atoms with E-state index in [1.165, 1.54) is 13.2 Å². The Morgan fingerprint density at radius 1 is 1.21 bits per heavy atom. The van der Waals surface area contributed by atoms with Crippen molar-refractivity contribution >= 4 is 52.8 Å². The normalized spacial score (nSPS) is 13.8. The van der Waals surface area contributed by atoms with Gasteiger partial charge in [-0.1, -0.05) is 11.6 Å². The largest absolute Gasteiger partial charge is 0.478 e. The highest BCUT2D eigenvalue weighted by Crippen LogP contribution is 2.35. The quantitative estimate of drug-likeness (QED) is 0.529. The Kier molecular flexibility index (Phi) is 7.80. The number of hydrogen-bond acceptors (Lipinski definition) is 6. The topological polar surface area (TPSA) is 101 Å². The third-order valence-corrected chi connectivity index (χ3v) is 5.77. The van der Waals surface area contributed by atoms with E-state index in [1.54, 1.807) is 0 Å². The monoisotopic (exact) mass is 443 g/mol. The highest BCUT2D eigenvalue weighted by Gasteiger charge is 2.31. The van der Waals surface area contributed by atoms with E-state index in [0.29, 0.717) is 17.7 Å². The van der Waals surface area contributed by atoms with Crippen molar-refractivity contribution in [2.75, 3.05) is 17.8 Å². The Bertz CT molecular complexity index is 901.